The van der Waals surface area contributed by atoms with Crippen molar-refractivity contribution < 1.29 is 49.6 Å². The predicted octanol–water partition coefficient (Wildman–Crippen LogP) is -1.71. The van der Waals surface area contributed by atoms with Crippen molar-refractivity contribution in [3.05, 3.63) is 35.9 Å². The lowest BCUT2D eigenvalue weighted by molar-refractivity contribution is -0.317. The Morgan fingerprint density at radius 3 is 2.42 bits per heavy atom. The number of aliphatic hydroxyl groups excluding tert-OH is 5. The largest absolute Gasteiger partial charge is 0.393 e. The fraction of sp³-hybridized carbons (Fsp3) is 0.714. The number of aliphatic hydroxyl groups is 6. The van der Waals surface area contributed by atoms with Gasteiger partial charge < -0.3 is 49.6 Å². The van der Waals surface area contributed by atoms with Gasteiger partial charge in [0.1, 0.15) is 36.1 Å². The van der Waals surface area contributed by atoms with Gasteiger partial charge in [-0.3, -0.25) is 0 Å². The van der Waals surface area contributed by atoms with Crippen LogP contribution in [0.3, 0.4) is 0 Å². The van der Waals surface area contributed by atoms with Crippen LogP contribution in [-0.4, -0.2) is 105 Å². The van der Waals surface area contributed by atoms with E-state index in [2.05, 4.69) is 0 Å². The molecule has 0 spiro atoms. The second kappa shape index (κ2) is 10.6. The zero-order valence-corrected chi connectivity index (χ0v) is 17.4. The molecule has 2 aliphatic heterocycles. The van der Waals surface area contributed by atoms with Crippen molar-refractivity contribution in [2.45, 2.75) is 74.6 Å². The molecule has 1 aromatic rings. The highest BCUT2D eigenvalue weighted by Gasteiger charge is 2.50. The first-order valence-electron chi connectivity index (χ1n) is 10.4. The minimum Gasteiger partial charge on any atom is -0.393 e. The maximum absolute atomic E-state index is 10.3. The number of hydrogen-bond donors (Lipinski definition) is 6. The van der Waals surface area contributed by atoms with Crippen LogP contribution in [0.5, 0.6) is 0 Å². The molecule has 2 fully saturated rings. The molecule has 1 aromatic carbocycles. The lowest BCUT2D eigenvalue weighted by atomic mass is 9.99. The third kappa shape index (κ3) is 5.79. The number of aryl methyl sites for hydroxylation is 1. The number of hydrogen-bond acceptors (Lipinski definition) is 10. The Hall–Kier alpha value is -1.18. The summed E-state index contributed by atoms with van der Waals surface area (Å²) in [5.74, 6) is 0. The fourth-order valence-corrected chi connectivity index (χ4v) is 3.60. The summed E-state index contributed by atoms with van der Waals surface area (Å²) in [5, 5.41) is 59.9. The van der Waals surface area contributed by atoms with Gasteiger partial charge in [0.05, 0.1) is 25.9 Å². The van der Waals surface area contributed by atoms with E-state index in [0.29, 0.717) is 6.42 Å². The van der Waals surface area contributed by atoms with E-state index < -0.39 is 55.3 Å². The standard InChI is InChI=1S/C21H32O10/c1-12(7-8-13-5-3-2-4-6-13)30-19-17(25)16(24)15(23)14(31-19)9-28-20-18(26)21(27,10-22)11-29-20/h2-6,12,14-20,22-27H,7-11H2,1H3/t12-,14+,15+,16-,17+,18-,19+,20+,21+/m0/s1. The van der Waals surface area contributed by atoms with Gasteiger partial charge in [0, 0.05) is 0 Å². The summed E-state index contributed by atoms with van der Waals surface area (Å²) in [6.45, 7) is 0.473. The molecule has 176 valence electrons. The number of rotatable bonds is 9. The van der Waals surface area contributed by atoms with Gasteiger partial charge in [-0.15, -0.1) is 0 Å². The van der Waals surface area contributed by atoms with Gasteiger partial charge in [0.2, 0.25) is 0 Å². The topological polar surface area (TPSA) is 158 Å². The monoisotopic (exact) mass is 444 g/mol. The molecule has 0 saturated carbocycles. The van der Waals surface area contributed by atoms with Crippen molar-refractivity contribution in [1.82, 2.24) is 0 Å². The van der Waals surface area contributed by atoms with Crippen LogP contribution in [-0.2, 0) is 25.4 Å². The Kier molecular flexibility index (Phi) is 8.38. The van der Waals surface area contributed by atoms with Crippen LogP contribution in [0.4, 0.5) is 0 Å². The third-order valence-electron chi connectivity index (χ3n) is 5.72. The van der Waals surface area contributed by atoms with Crippen LogP contribution < -0.4 is 0 Å². The first-order valence-corrected chi connectivity index (χ1v) is 10.4. The van der Waals surface area contributed by atoms with Crippen molar-refractivity contribution in [1.29, 1.82) is 0 Å². The summed E-state index contributed by atoms with van der Waals surface area (Å²) in [5.41, 5.74) is -0.700. The van der Waals surface area contributed by atoms with E-state index in [0.717, 1.165) is 12.0 Å². The number of benzene rings is 1. The summed E-state index contributed by atoms with van der Waals surface area (Å²) in [6.07, 6.45) is -8.38. The van der Waals surface area contributed by atoms with Crippen molar-refractivity contribution in [3.8, 4) is 0 Å². The van der Waals surface area contributed by atoms with Gasteiger partial charge in [-0.1, -0.05) is 30.3 Å². The van der Waals surface area contributed by atoms with Gasteiger partial charge >= 0.3 is 0 Å². The number of ether oxygens (including phenoxy) is 4. The minimum atomic E-state index is -1.84. The summed E-state index contributed by atoms with van der Waals surface area (Å²) in [7, 11) is 0. The fourth-order valence-electron chi connectivity index (χ4n) is 3.60. The van der Waals surface area contributed by atoms with E-state index in [-0.39, 0.29) is 19.3 Å². The molecular formula is C21H32O10. The molecule has 0 bridgehead atoms. The second-order valence-corrected chi connectivity index (χ2v) is 8.20. The van der Waals surface area contributed by atoms with Gasteiger partial charge in [0.15, 0.2) is 12.6 Å². The Balaban J connectivity index is 1.52. The average molecular weight is 444 g/mol. The first kappa shape index (κ1) is 24.5. The molecule has 0 radical (unpaired) electrons. The van der Waals surface area contributed by atoms with E-state index in [9.17, 15) is 30.6 Å². The van der Waals surface area contributed by atoms with Crippen LogP contribution in [0.25, 0.3) is 0 Å². The van der Waals surface area contributed by atoms with E-state index in [1.165, 1.54) is 0 Å². The highest BCUT2D eigenvalue weighted by atomic mass is 16.7. The molecular weight excluding hydrogens is 412 g/mol. The summed E-state index contributed by atoms with van der Waals surface area (Å²) in [6, 6.07) is 9.84. The van der Waals surface area contributed by atoms with Crippen molar-refractivity contribution in [2.24, 2.45) is 0 Å². The van der Waals surface area contributed by atoms with Crippen molar-refractivity contribution in [2.75, 3.05) is 19.8 Å². The molecule has 0 aromatic heterocycles. The highest BCUT2D eigenvalue weighted by molar-refractivity contribution is 5.14. The Bertz CT molecular complexity index is 675. The van der Waals surface area contributed by atoms with E-state index in [1.807, 2.05) is 37.3 Å². The molecule has 0 unspecified atom stereocenters. The first-order chi connectivity index (χ1) is 14.7. The maximum atomic E-state index is 10.3. The van der Waals surface area contributed by atoms with Gasteiger partial charge in [-0.25, -0.2) is 0 Å². The van der Waals surface area contributed by atoms with Crippen LogP contribution in [0.2, 0.25) is 0 Å². The summed E-state index contributed by atoms with van der Waals surface area (Å²) >= 11 is 0. The highest BCUT2D eigenvalue weighted by Crippen LogP contribution is 2.28. The molecule has 2 aliphatic rings. The van der Waals surface area contributed by atoms with Crippen LogP contribution in [0, 0.1) is 0 Å². The zero-order chi connectivity index (χ0) is 22.6. The molecule has 10 nitrogen and oxygen atoms in total. The molecule has 9 atom stereocenters. The van der Waals surface area contributed by atoms with E-state index in [1.54, 1.807) is 0 Å². The molecule has 10 heteroatoms. The molecule has 2 saturated heterocycles. The molecule has 6 N–H and O–H groups in total. The smallest absolute Gasteiger partial charge is 0.186 e. The van der Waals surface area contributed by atoms with Crippen LogP contribution in [0.15, 0.2) is 30.3 Å². The average Bonchev–Trinajstić information content (AvgIpc) is 3.07. The lowest BCUT2D eigenvalue weighted by Gasteiger charge is -2.41. The molecule has 0 aliphatic carbocycles. The minimum absolute atomic E-state index is 0.302. The van der Waals surface area contributed by atoms with Crippen molar-refractivity contribution in [3.63, 3.8) is 0 Å². The van der Waals surface area contributed by atoms with E-state index in [4.69, 9.17) is 18.9 Å². The molecule has 3 rings (SSSR count). The molecule has 2 heterocycles. The summed E-state index contributed by atoms with van der Waals surface area (Å²) in [4.78, 5) is 0. The maximum Gasteiger partial charge on any atom is 0.186 e. The Morgan fingerprint density at radius 1 is 1.06 bits per heavy atom. The van der Waals surface area contributed by atoms with Gasteiger partial charge in [-0.05, 0) is 25.3 Å². The van der Waals surface area contributed by atoms with Gasteiger partial charge in [0.25, 0.3) is 0 Å². The van der Waals surface area contributed by atoms with Crippen LogP contribution in [0.1, 0.15) is 18.9 Å². The summed E-state index contributed by atoms with van der Waals surface area (Å²) < 4.78 is 21.9. The van der Waals surface area contributed by atoms with Crippen LogP contribution >= 0.6 is 0 Å². The normalized spacial score (nSPS) is 39.5. The molecule has 0 amide bonds. The quantitative estimate of drug-likeness (QED) is 0.259. The Morgan fingerprint density at radius 2 is 1.77 bits per heavy atom. The molecule has 31 heavy (non-hydrogen) atoms. The second-order valence-electron chi connectivity index (χ2n) is 8.20. The Labute approximate surface area is 180 Å². The zero-order valence-electron chi connectivity index (χ0n) is 17.4. The van der Waals surface area contributed by atoms with Gasteiger partial charge in [-0.2, -0.15) is 0 Å². The van der Waals surface area contributed by atoms with E-state index >= 15 is 0 Å². The SMILES string of the molecule is C[C@@H](CCc1ccccc1)O[C@@H]1O[C@H](CO[C@@H]2OC[C@](O)(CO)[C@H]2O)[C@@H](O)[C@H](O)[C@H]1O. The lowest BCUT2D eigenvalue weighted by Crippen LogP contribution is -2.60. The third-order valence-corrected chi connectivity index (χ3v) is 5.72. The van der Waals surface area contributed by atoms with Crippen molar-refractivity contribution >= 4 is 0 Å². The predicted molar refractivity (Wildman–Crippen MR) is 106 cm³/mol.